The van der Waals surface area contributed by atoms with Crippen molar-refractivity contribution in [2.45, 2.75) is 19.3 Å². The van der Waals surface area contributed by atoms with E-state index in [0.717, 1.165) is 36.1 Å². The van der Waals surface area contributed by atoms with E-state index in [1.165, 1.54) is 0 Å². The van der Waals surface area contributed by atoms with Crippen LogP contribution in [0, 0.1) is 5.92 Å². The summed E-state index contributed by atoms with van der Waals surface area (Å²) in [5.74, 6) is 1.21. The van der Waals surface area contributed by atoms with Gasteiger partial charge in [0.2, 0.25) is 5.91 Å². The molecule has 7 nitrogen and oxygen atoms in total. The van der Waals surface area contributed by atoms with Gasteiger partial charge < -0.3 is 9.73 Å². The Kier molecular flexibility index (Phi) is 6.66. The fourth-order valence-corrected chi connectivity index (χ4v) is 5.04. The second-order valence-electron chi connectivity index (χ2n) is 8.21. The highest BCUT2D eigenvalue weighted by atomic mass is 127. The molecule has 0 saturated carbocycles. The van der Waals surface area contributed by atoms with Crippen molar-refractivity contribution in [2.24, 2.45) is 5.92 Å². The van der Waals surface area contributed by atoms with Gasteiger partial charge >= 0.3 is 6.01 Å². The number of fused-ring (bicyclic) bond motifs is 1. The minimum atomic E-state index is 0.0231. The molecular weight excluding hydrogens is 553 g/mol. The van der Waals surface area contributed by atoms with Crippen molar-refractivity contribution in [3.63, 3.8) is 0 Å². The smallest absolute Gasteiger partial charge is 0.308 e. The zero-order chi connectivity index (χ0) is 22.8. The average Bonchev–Trinajstić information content (AvgIpc) is 3.54. The average molecular weight is 576 g/mol. The Labute approximate surface area is 210 Å². The molecule has 1 N–H and O–H groups in total. The van der Waals surface area contributed by atoms with Crippen LogP contribution >= 0.6 is 34.5 Å². The number of aromatic nitrogens is 3. The molecule has 0 spiro atoms. The second-order valence-corrected chi connectivity index (χ2v) is 10.0. The van der Waals surface area contributed by atoms with Gasteiger partial charge in [-0.05, 0) is 36.6 Å². The molecule has 3 heterocycles. The third-order valence-corrected chi connectivity index (χ3v) is 6.99. The highest BCUT2D eigenvalue weighted by Crippen LogP contribution is 2.29. The highest BCUT2D eigenvalue weighted by Gasteiger charge is 2.22. The van der Waals surface area contributed by atoms with Gasteiger partial charge in [0.05, 0.1) is 11.0 Å². The molecule has 170 valence electrons. The zero-order valence-electron chi connectivity index (χ0n) is 17.9. The molecule has 0 radical (unpaired) electrons. The van der Waals surface area contributed by atoms with E-state index in [9.17, 15) is 4.79 Å². The first-order valence-electron chi connectivity index (χ1n) is 10.9. The summed E-state index contributed by atoms with van der Waals surface area (Å²) < 4.78 is 10.3. The van der Waals surface area contributed by atoms with Crippen molar-refractivity contribution in [1.82, 2.24) is 23.0 Å². The molecule has 0 aliphatic carbocycles. The molecule has 0 bridgehead atoms. The molecule has 4 aromatic rings. The lowest BCUT2D eigenvalue weighted by molar-refractivity contribution is -0.121. The molecule has 1 aliphatic heterocycles. The van der Waals surface area contributed by atoms with Gasteiger partial charge in [0, 0.05) is 65.9 Å². The normalized spacial score (nSPS) is 16.5. The van der Waals surface area contributed by atoms with Gasteiger partial charge in [-0.15, -0.1) is 0 Å². The van der Waals surface area contributed by atoms with E-state index in [-0.39, 0.29) is 5.91 Å². The first kappa shape index (κ1) is 22.4. The lowest BCUT2D eigenvalue weighted by Gasteiger charge is -2.10. The summed E-state index contributed by atoms with van der Waals surface area (Å²) in [6.07, 6.45) is 3.61. The first-order valence-corrected chi connectivity index (χ1v) is 12.3. The zero-order valence-corrected chi connectivity index (χ0v) is 20.8. The predicted molar refractivity (Wildman–Crippen MR) is 137 cm³/mol. The van der Waals surface area contributed by atoms with E-state index in [0.29, 0.717) is 47.8 Å². The Bertz CT molecular complexity index is 1270. The van der Waals surface area contributed by atoms with Gasteiger partial charge in [-0.2, -0.15) is 4.98 Å². The second kappa shape index (κ2) is 9.82. The maximum Gasteiger partial charge on any atom is 0.308 e. The molecule has 9 heteroatoms. The molecule has 1 fully saturated rings. The lowest BCUT2D eigenvalue weighted by Crippen LogP contribution is -2.30. The van der Waals surface area contributed by atoms with Crippen LogP contribution in [0.4, 0.5) is 0 Å². The number of nitrogens with zero attached hydrogens (tertiary/aromatic N) is 4. The van der Waals surface area contributed by atoms with Gasteiger partial charge in [-0.25, -0.2) is 8.10 Å². The van der Waals surface area contributed by atoms with E-state index in [1.54, 1.807) is 6.33 Å². The number of rotatable bonds is 7. The molecule has 2 aromatic heterocycles. The van der Waals surface area contributed by atoms with Crippen LogP contribution in [0.2, 0.25) is 5.02 Å². The van der Waals surface area contributed by atoms with E-state index < -0.39 is 0 Å². The topological polar surface area (TPSA) is 76.2 Å². The van der Waals surface area contributed by atoms with Gasteiger partial charge in [0.15, 0.2) is 0 Å². The van der Waals surface area contributed by atoms with Crippen molar-refractivity contribution >= 4 is 51.4 Å². The van der Waals surface area contributed by atoms with Crippen molar-refractivity contribution in [3.8, 4) is 17.3 Å². The van der Waals surface area contributed by atoms with Crippen LogP contribution in [0.1, 0.15) is 18.6 Å². The summed E-state index contributed by atoms with van der Waals surface area (Å²) in [5, 5.41) is 3.73. The number of carbonyl (C=O) groups excluding carboxylic acids is 1. The Morgan fingerprint density at radius 2 is 2.03 bits per heavy atom. The number of amides is 1. The first-order chi connectivity index (χ1) is 16.1. The Hall–Kier alpha value is -2.43. The van der Waals surface area contributed by atoms with Crippen LogP contribution in [0.3, 0.4) is 0 Å². The van der Waals surface area contributed by atoms with E-state index >= 15 is 0 Å². The third-order valence-electron chi connectivity index (χ3n) is 5.87. The number of carbonyl (C=O) groups is 1. The SMILES string of the molecule is O=C(CCc1oc(-n2cnc3ccccc32)nc1-c1ccc(Cl)cc1)NCC1CCN(I)C1. The number of halogens is 2. The fourth-order valence-electron chi connectivity index (χ4n) is 4.08. The maximum atomic E-state index is 12.5. The van der Waals surface area contributed by atoms with Crippen LogP contribution in [-0.4, -0.2) is 43.2 Å². The Morgan fingerprint density at radius 1 is 1.21 bits per heavy atom. The van der Waals surface area contributed by atoms with Crippen molar-refractivity contribution in [1.29, 1.82) is 0 Å². The van der Waals surface area contributed by atoms with Crippen LogP contribution in [-0.2, 0) is 11.2 Å². The van der Waals surface area contributed by atoms with Gasteiger partial charge in [0.1, 0.15) is 17.8 Å². The predicted octanol–water partition coefficient (Wildman–Crippen LogP) is 5.05. The van der Waals surface area contributed by atoms with E-state index in [2.05, 4.69) is 36.3 Å². The monoisotopic (exact) mass is 575 g/mol. The molecule has 1 unspecified atom stereocenters. The molecule has 1 amide bonds. The number of oxazole rings is 1. The number of hydrogen-bond donors (Lipinski definition) is 1. The Morgan fingerprint density at radius 3 is 2.82 bits per heavy atom. The minimum absolute atomic E-state index is 0.0231. The molecule has 1 saturated heterocycles. The summed E-state index contributed by atoms with van der Waals surface area (Å²) in [6, 6.07) is 15.7. The summed E-state index contributed by atoms with van der Waals surface area (Å²) in [7, 11) is 0. The molecule has 2 aromatic carbocycles. The lowest BCUT2D eigenvalue weighted by atomic mass is 10.1. The number of hydrogen-bond acceptors (Lipinski definition) is 5. The van der Waals surface area contributed by atoms with Crippen molar-refractivity contribution in [2.75, 3.05) is 19.6 Å². The maximum absolute atomic E-state index is 12.5. The van der Waals surface area contributed by atoms with Gasteiger partial charge in [0.25, 0.3) is 0 Å². The standard InChI is InChI=1S/C24H23ClIN5O2/c25-18-7-5-17(6-8-18)23-21(9-10-22(32)27-13-16-11-12-30(26)14-16)33-24(29-23)31-15-28-19-3-1-2-4-20(19)31/h1-8,15-16H,9-14H2,(H,27,32). The molecule has 33 heavy (non-hydrogen) atoms. The fraction of sp³-hybridized carbons (Fsp3) is 0.292. The molecule has 1 atom stereocenters. The van der Waals surface area contributed by atoms with Gasteiger partial charge in [-0.3, -0.25) is 9.36 Å². The highest BCUT2D eigenvalue weighted by molar-refractivity contribution is 14.1. The summed E-state index contributed by atoms with van der Waals surface area (Å²) >= 11 is 8.42. The van der Waals surface area contributed by atoms with Crippen LogP contribution in [0.15, 0.2) is 59.3 Å². The number of aryl methyl sites for hydroxylation is 1. The van der Waals surface area contributed by atoms with Crippen molar-refractivity contribution < 1.29 is 9.21 Å². The quantitative estimate of drug-likeness (QED) is 0.246. The molecule has 5 rings (SSSR count). The van der Waals surface area contributed by atoms with E-state index in [1.807, 2.05) is 53.1 Å². The number of para-hydroxylation sites is 2. The Balaban J connectivity index is 1.37. The minimum Gasteiger partial charge on any atom is -0.427 e. The molecular formula is C24H23ClIN5O2. The number of imidazole rings is 1. The van der Waals surface area contributed by atoms with Crippen LogP contribution in [0.25, 0.3) is 28.3 Å². The largest absolute Gasteiger partial charge is 0.427 e. The number of nitrogens with one attached hydrogen (secondary N) is 1. The summed E-state index contributed by atoms with van der Waals surface area (Å²) in [4.78, 5) is 21.7. The van der Waals surface area contributed by atoms with Crippen LogP contribution in [0.5, 0.6) is 0 Å². The third kappa shape index (κ3) is 5.07. The summed E-state index contributed by atoms with van der Waals surface area (Å²) in [5.41, 5.74) is 3.37. The van der Waals surface area contributed by atoms with Crippen molar-refractivity contribution in [3.05, 3.63) is 65.6 Å². The number of benzene rings is 2. The summed E-state index contributed by atoms with van der Waals surface area (Å²) in [6.45, 7) is 2.81. The van der Waals surface area contributed by atoms with Gasteiger partial charge in [-0.1, -0.05) is 35.9 Å². The van der Waals surface area contributed by atoms with E-state index in [4.69, 9.17) is 21.0 Å². The molecule has 1 aliphatic rings. The van der Waals surface area contributed by atoms with Crippen LogP contribution < -0.4 is 5.32 Å².